The summed E-state index contributed by atoms with van der Waals surface area (Å²) < 4.78 is 41.3. The number of alkyl halides is 3. The molecule has 2 N–H and O–H groups in total. The number of ether oxygens (including phenoxy) is 1. The molecule has 27 heavy (non-hydrogen) atoms. The third-order valence-electron chi connectivity index (χ3n) is 3.99. The highest BCUT2D eigenvalue weighted by atomic mass is 19.4. The molecule has 3 aromatic heterocycles. The van der Waals surface area contributed by atoms with Gasteiger partial charge in [0.1, 0.15) is 11.4 Å². The maximum Gasteiger partial charge on any atom is 0.573 e. The van der Waals surface area contributed by atoms with Crippen LogP contribution in [0.2, 0.25) is 0 Å². The fraction of sp³-hybridized carbons (Fsp3) is 0.0526. The molecule has 0 fully saturated rings. The standard InChI is InChI=1S/C19H12F3N3O2/c20-19(21,22)27-13-4-1-3-11(7-13)16-8-12(9-17(26)25-16)15-10-24-18-14(15)5-2-6-23-18/h1-10H,(H,23,24)(H,25,26). The molecule has 3 heterocycles. The molecule has 0 aliphatic heterocycles. The Hall–Kier alpha value is -3.55. The van der Waals surface area contributed by atoms with Gasteiger partial charge in [-0.15, -0.1) is 13.2 Å². The van der Waals surface area contributed by atoms with E-state index >= 15 is 0 Å². The van der Waals surface area contributed by atoms with E-state index < -0.39 is 6.36 Å². The molecule has 0 spiro atoms. The average Bonchev–Trinajstić information content (AvgIpc) is 3.04. The summed E-state index contributed by atoms with van der Waals surface area (Å²) in [5.41, 5.74) is 2.47. The van der Waals surface area contributed by atoms with Crippen LogP contribution in [0.25, 0.3) is 33.4 Å². The molecule has 1 aromatic carbocycles. The van der Waals surface area contributed by atoms with E-state index in [2.05, 4.69) is 19.7 Å². The first-order chi connectivity index (χ1) is 12.9. The van der Waals surface area contributed by atoms with Crippen molar-refractivity contribution in [1.29, 1.82) is 0 Å². The third-order valence-corrected chi connectivity index (χ3v) is 3.99. The summed E-state index contributed by atoms with van der Waals surface area (Å²) in [5.74, 6) is -0.359. The smallest absolute Gasteiger partial charge is 0.406 e. The van der Waals surface area contributed by atoms with Gasteiger partial charge < -0.3 is 14.7 Å². The quantitative estimate of drug-likeness (QED) is 0.558. The highest BCUT2D eigenvalue weighted by Gasteiger charge is 2.31. The Labute approximate surface area is 150 Å². The lowest BCUT2D eigenvalue weighted by molar-refractivity contribution is -0.274. The predicted octanol–water partition coefficient (Wildman–Crippen LogP) is 4.48. The summed E-state index contributed by atoms with van der Waals surface area (Å²) in [4.78, 5) is 22.0. The van der Waals surface area contributed by atoms with Crippen molar-refractivity contribution in [1.82, 2.24) is 15.0 Å². The molecule has 5 nitrogen and oxygen atoms in total. The number of pyridine rings is 2. The van der Waals surface area contributed by atoms with Crippen molar-refractivity contribution >= 4 is 11.0 Å². The van der Waals surface area contributed by atoms with Crippen LogP contribution in [0.5, 0.6) is 5.75 Å². The Morgan fingerprint density at radius 1 is 1.00 bits per heavy atom. The number of aromatic amines is 2. The van der Waals surface area contributed by atoms with Gasteiger partial charge in [-0.1, -0.05) is 12.1 Å². The number of benzene rings is 1. The van der Waals surface area contributed by atoms with Gasteiger partial charge in [0.15, 0.2) is 0 Å². The van der Waals surface area contributed by atoms with Gasteiger partial charge in [0.05, 0.1) is 0 Å². The molecule has 0 aliphatic carbocycles. The summed E-state index contributed by atoms with van der Waals surface area (Å²) in [6.45, 7) is 0. The molecular formula is C19H12F3N3O2. The van der Waals surface area contributed by atoms with Crippen LogP contribution in [0.15, 0.2) is 65.7 Å². The number of hydrogen-bond donors (Lipinski definition) is 2. The Kier molecular flexibility index (Phi) is 3.95. The summed E-state index contributed by atoms with van der Waals surface area (Å²) in [6, 6.07) is 12.2. The summed E-state index contributed by atoms with van der Waals surface area (Å²) >= 11 is 0. The number of hydrogen-bond acceptors (Lipinski definition) is 3. The minimum atomic E-state index is -4.79. The van der Waals surface area contributed by atoms with E-state index in [0.717, 1.165) is 10.9 Å². The van der Waals surface area contributed by atoms with E-state index in [1.807, 2.05) is 6.07 Å². The first-order valence-corrected chi connectivity index (χ1v) is 7.92. The van der Waals surface area contributed by atoms with E-state index in [4.69, 9.17) is 0 Å². The molecule has 0 atom stereocenters. The van der Waals surface area contributed by atoms with Gasteiger partial charge in [0, 0.05) is 40.7 Å². The molecule has 0 radical (unpaired) electrons. The lowest BCUT2D eigenvalue weighted by Crippen LogP contribution is -2.17. The number of halogens is 3. The number of rotatable bonds is 3. The topological polar surface area (TPSA) is 70.8 Å². The van der Waals surface area contributed by atoms with E-state index in [-0.39, 0.29) is 11.3 Å². The van der Waals surface area contributed by atoms with Crippen LogP contribution in [0, 0.1) is 0 Å². The SMILES string of the molecule is O=c1cc(-c2c[nH]c3ncccc23)cc(-c2cccc(OC(F)(F)F)c2)[nH]1. The largest absolute Gasteiger partial charge is 0.573 e. The highest BCUT2D eigenvalue weighted by molar-refractivity contribution is 5.94. The van der Waals surface area contributed by atoms with E-state index in [1.165, 1.54) is 24.3 Å². The second-order valence-corrected chi connectivity index (χ2v) is 5.82. The van der Waals surface area contributed by atoms with Gasteiger partial charge in [0.2, 0.25) is 5.56 Å². The number of nitrogens with one attached hydrogen (secondary N) is 2. The van der Waals surface area contributed by atoms with Crippen LogP contribution < -0.4 is 10.3 Å². The molecule has 0 saturated heterocycles. The molecule has 136 valence electrons. The zero-order chi connectivity index (χ0) is 19.0. The minimum absolute atomic E-state index is 0.359. The fourth-order valence-electron chi connectivity index (χ4n) is 2.91. The lowest BCUT2D eigenvalue weighted by Gasteiger charge is -2.10. The zero-order valence-corrected chi connectivity index (χ0v) is 13.7. The van der Waals surface area contributed by atoms with Crippen molar-refractivity contribution in [3.8, 4) is 28.1 Å². The summed E-state index contributed by atoms with van der Waals surface area (Å²) in [6.07, 6.45) is -1.40. The van der Waals surface area contributed by atoms with Crippen molar-refractivity contribution in [2.24, 2.45) is 0 Å². The molecule has 4 aromatic rings. The number of nitrogens with zero attached hydrogens (tertiary/aromatic N) is 1. The number of H-pyrrole nitrogens is 2. The van der Waals surface area contributed by atoms with E-state index in [1.54, 1.807) is 30.6 Å². The highest BCUT2D eigenvalue weighted by Crippen LogP contribution is 2.31. The Morgan fingerprint density at radius 3 is 2.67 bits per heavy atom. The van der Waals surface area contributed by atoms with Gasteiger partial charge in [-0.3, -0.25) is 4.79 Å². The van der Waals surface area contributed by atoms with Crippen LogP contribution in [0.4, 0.5) is 13.2 Å². The van der Waals surface area contributed by atoms with Gasteiger partial charge in [-0.25, -0.2) is 4.98 Å². The molecule has 4 rings (SSSR count). The van der Waals surface area contributed by atoms with Crippen LogP contribution >= 0.6 is 0 Å². The molecule has 0 saturated carbocycles. The second kappa shape index (κ2) is 6.31. The summed E-state index contributed by atoms with van der Waals surface area (Å²) in [5, 5.41) is 0.836. The van der Waals surface area contributed by atoms with Crippen molar-refractivity contribution in [2.45, 2.75) is 6.36 Å². The van der Waals surface area contributed by atoms with Gasteiger partial charge >= 0.3 is 6.36 Å². The number of aromatic nitrogens is 3. The van der Waals surface area contributed by atoms with Crippen LogP contribution in [-0.2, 0) is 0 Å². The average molecular weight is 371 g/mol. The molecule has 0 aliphatic rings. The molecule has 8 heteroatoms. The molecule has 0 bridgehead atoms. The summed E-state index contributed by atoms with van der Waals surface area (Å²) in [7, 11) is 0. The van der Waals surface area contributed by atoms with Gasteiger partial charge in [0.25, 0.3) is 0 Å². The monoisotopic (exact) mass is 371 g/mol. The van der Waals surface area contributed by atoms with Crippen molar-refractivity contribution in [2.75, 3.05) is 0 Å². The molecular weight excluding hydrogens is 359 g/mol. The maximum atomic E-state index is 12.4. The fourth-order valence-corrected chi connectivity index (χ4v) is 2.91. The van der Waals surface area contributed by atoms with Crippen LogP contribution in [-0.4, -0.2) is 21.3 Å². The molecule has 0 unspecified atom stereocenters. The van der Waals surface area contributed by atoms with Gasteiger partial charge in [-0.2, -0.15) is 0 Å². The number of fused-ring (bicyclic) bond motifs is 1. The minimum Gasteiger partial charge on any atom is -0.406 e. The van der Waals surface area contributed by atoms with E-state index in [9.17, 15) is 18.0 Å². The van der Waals surface area contributed by atoms with Crippen LogP contribution in [0.3, 0.4) is 0 Å². The Balaban J connectivity index is 1.80. The lowest BCUT2D eigenvalue weighted by atomic mass is 10.0. The van der Waals surface area contributed by atoms with Crippen molar-refractivity contribution in [3.05, 3.63) is 71.3 Å². The Bertz CT molecular complexity index is 1180. The van der Waals surface area contributed by atoms with Crippen molar-refractivity contribution in [3.63, 3.8) is 0 Å². The normalized spacial score (nSPS) is 11.7. The second-order valence-electron chi connectivity index (χ2n) is 5.82. The van der Waals surface area contributed by atoms with Gasteiger partial charge in [-0.05, 0) is 35.9 Å². The first kappa shape index (κ1) is 16.9. The van der Waals surface area contributed by atoms with E-state index in [0.29, 0.717) is 22.5 Å². The van der Waals surface area contributed by atoms with Crippen molar-refractivity contribution < 1.29 is 17.9 Å². The zero-order valence-electron chi connectivity index (χ0n) is 13.7. The molecule has 0 amide bonds. The first-order valence-electron chi connectivity index (χ1n) is 7.92. The maximum absolute atomic E-state index is 12.4. The predicted molar refractivity (Wildman–Crippen MR) is 94.3 cm³/mol. The third kappa shape index (κ3) is 3.55. The van der Waals surface area contributed by atoms with Crippen LogP contribution in [0.1, 0.15) is 0 Å². The Morgan fingerprint density at radius 2 is 1.85 bits per heavy atom.